The summed E-state index contributed by atoms with van der Waals surface area (Å²) in [7, 11) is 0. The number of nitrogens with zero attached hydrogens (tertiary/aromatic N) is 3. The Morgan fingerprint density at radius 2 is 2.33 bits per heavy atom. The van der Waals surface area contributed by atoms with Crippen LogP contribution in [0, 0.1) is 10.1 Å². The van der Waals surface area contributed by atoms with E-state index in [9.17, 15) is 10.1 Å². The highest BCUT2D eigenvalue weighted by Crippen LogP contribution is 2.38. The van der Waals surface area contributed by atoms with Gasteiger partial charge in [-0.25, -0.2) is 0 Å². The number of aromatic nitrogens is 2. The highest BCUT2D eigenvalue weighted by Gasteiger charge is 2.29. The van der Waals surface area contributed by atoms with Crippen LogP contribution in [0.25, 0.3) is 0 Å². The maximum Gasteiger partial charge on any atom is 0.320 e. The second-order valence-electron chi connectivity index (χ2n) is 3.95. The van der Waals surface area contributed by atoms with Gasteiger partial charge in [-0.05, 0) is 12.8 Å². The van der Waals surface area contributed by atoms with E-state index in [-0.39, 0.29) is 10.6 Å². The zero-order valence-corrected chi connectivity index (χ0v) is 9.53. The molecule has 15 heavy (non-hydrogen) atoms. The number of hydrogen-bond acceptors (Lipinski definition) is 4. The van der Waals surface area contributed by atoms with Crippen LogP contribution in [0.15, 0.2) is 11.2 Å². The molecule has 1 aromatic heterocycles. The minimum atomic E-state index is -0.351. The zero-order chi connectivity index (χ0) is 11.0. The molecule has 1 aliphatic carbocycles. The van der Waals surface area contributed by atoms with Crippen LogP contribution >= 0.6 is 11.8 Å². The predicted molar refractivity (Wildman–Crippen MR) is 58.1 cm³/mol. The third-order valence-corrected chi connectivity index (χ3v) is 3.13. The van der Waals surface area contributed by atoms with Gasteiger partial charge in [0, 0.05) is 5.25 Å². The minimum Gasteiger partial charge on any atom is -0.261 e. The highest BCUT2D eigenvalue weighted by molar-refractivity contribution is 7.99. The van der Waals surface area contributed by atoms with Crippen molar-refractivity contribution in [3.05, 3.63) is 16.3 Å². The molecule has 0 amide bonds. The molecule has 0 atom stereocenters. The summed E-state index contributed by atoms with van der Waals surface area (Å²) in [6.07, 6.45) is 3.73. The van der Waals surface area contributed by atoms with Crippen molar-refractivity contribution in [2.45, 2.75) is 43.0 Å². The lowest BCUT2D eigenvalue weighted by Crippen LogP contribution is -1.94. The molecular formula is C9H13N3O2S. The standard InChI is InChI=1S/C9H13N3O2S/c1-6(2)15-9-8(12(13)14)5-11(10-9)7-3-4-7/h5-7H,3-4H2,1-2H3. The van der Waals surface area contributed by atoms with Crippen LogP contribution in [0.3, 0.4) is 0 Å². The van der Waals surface area contributed by atoms with Crippen molar-refractivity contribution in [1.29, 1.82) is 0 Å². The van der Waals surface area contributed by atoms with E-state index in [1.807, 2.05) is 13.8 Å². The van der Waals surface area contributed by atoms with E-state index in [1.165, 1.54) is 11.8 Å². The maximum atomic E-state index is 10.8. The molecular weight excluding hydrogens is 214 g/mol. The molecule has 1 saturated carbocycles. The van der Waals surface area contributed by atoms with Crippen LogP contribution in [-0.4, -0.2) is 20.0 Å². The van der Waals surface area contributed by atoms with Gasteiger partial charge in [-0.15, -0.1) is 0 Å². The molecule has 2 rings (SSSR count). The van der Waals surface area contributed by atoms with Crippen molar-refractivity contribution in [2.75, 3.05) is 0 Å². The van der Waals surface area contributed by atoms with Gasteiger partial charge in [-0.1, -0.05) is 25.6 Å². The van der Waals surface area contributed by atoms with Crippen LogP contribution in [0.2, 0.25) is 0 Å². The lowest BCUT2D eigenvalue weighted by Gasteiger charge is -1.99. The van der Waals surface area contributed by atoms with Crippen molar-refractivity contribution in [1.82, 2.24) is 9.78 Å². The van der Waals surface area contributed by atoms with E-state index >= 15 is 0 Å². The topological polar surface area (TPSA) is 61.0 Å². The molecule has 0 radical (unpaired) electrons. The number of thioether (sulfide) groups is 1. The lowest BCUT2D eigenvalue weighted by atomic mass is 10.6. The third kappa shape index (κ3) is 2.31. The Kier molecular flexibility index (Phi) is 2.68. The second-order valence-corrected chi connectivity index (χ2v) is 5.52. The second kappa shape index (κ2) is 3.84. The van der Waals surface area contributed by atoms with Gasteiger partial charge in [0.05, 0.1) is 11.0 Å². The minimum absolute atomic E-state index is 0.139. The van der Waals surface area contributed by atoms with Crippen molar-refractivity contribution < 1.29 is 4.92 Å². The maximum absolute atomic E-state index is 10.8. The molecule has 82 valence electrons. The molecule has 1 aromatic rings. The fourth-order valence-corrected chi connectivity index (χ4v) is 2.16. The first-order chi connectivity index (χ1) is 7.08. The molecule has 1 fully saturated rings. The average Bonchev–Trinajstić information content (AvgIpc) is 2.88. The first-order valence-electron chi connectivity index (χ1n) is 4.98. The lowest BCUT2D eigenvalue weighted by molar-refractivity contribution is -0.387. The van der Waals surface area contributed by atoms with Crippen molar-refractivity contribution in [3.63, 3.8) is 0 Å². The van der Waals surface area contributed by atoms with E-state index in [0.29, 0.717) is 16.3 Å². The molecule has 0 aliphatic heterocycles. The Morgan fingerprint density at radius 1 is 1.67 bits per heavy atom. The smallest absolute Gasteiger partial charge is 0.261 e. The molecule has 0 unspecified atom stereocenters. The van der Waals surface area contributed by atoms with E-state index < -0.39 is 0 Å². The molecule has 1 heterocycles. The summed E-state index contributed by atoms with van der Waals surface area (Å²) in [5.74, 6) is 0. The van der Waals surface area contributed by atoms with Crippen LogP contribution < -0.4 is 0 Å². The Hall–Kier alpha value is -1.04. The Labute approximate surface area is 92.0 Å². The monoisotopic (exact) mass is 227 g/mol. The van der Waals surface area contributed by atoms with Crippen molar-refractivity contribution in [2.24, 2.45) is 0 Å². The van der Waals surface area contributed by atoms with E-state index in [4.69, 9.17) is 0 Å². The van der Waals surface area contributed by atoms with Crippen LogP contribution in [0.4, 0.5) is 5.69 Å². The fourth-order valence-electron chi connectivity index (χ4n) is 1.32. The van der Waals surface area contributed by atoms with E-state index in [1.54, 1.807) is 10.9 Å². The van der Waals surface area contributed by atoms with Crippen LogP contribution in [-0.2, 0) is 0 Å². The molecule has 0 N–H and O–H groups in total. The normalized spacial score (nSPS) is 15.9. The largest absolute Gasteiger partial charge is 0.320 e. The van der Waals surface area contributed by atoms with Crippen molar-refractivity contribution >= 4 is 17.4 Å². The summed E-state index contributed by atoms with van der Waals surface area (Å²) in [5, 5.41) is 15.9. The predicted octanol–water partition coefficient (Wildman–Crippen LogP) is 2.63. The Morgan fingerprint density at radius 3 is 2.80 bits per heavy atom. The average molecular weight is 227 g/mol. The molecule has 0 spiro atoms. The summed E-state index contributed by atoms with van der Waals surface area (Å²) in [5.41, 5.74) is 0.139. The number of nitro groups is 1. The van der Waals surface area contributed by atoms with Gasteiger partial charge in [0.15, 0.2) is 5.03 Å². The van der Waals surface area contributed by atoms with Crippen LogP contribution in [0.5, 0.6) is 0 Å². The highest BCUT2D eigenvalue weighted by atomic mass is 32.2. The molecule has 1 aliphatic rings. The van der Waals surface area contributed by atoms with Crippen LogP contribution in [0.1, 0.15) is 32.7 Å². The molecule has 6 heteroatoms. The molecule has 5 nitrogen and oxygen atoms in total. The van der Waals surface area contributed by atoms with Crippen molar-refractivity contribution in [3.8, 4) is 0 Å². The van der Waals surface area contributed by atoms with Gasteiger partial charge < -0.3 is 0 Å². The van der Waals surface area contributed by atoms with E-state index in [0.717, 1.165) is 12.8 Å². The molecule has 0 aromatic carbocycles. The summed E-state index contributed by atoms with van der Waals surface area (Å²) >= 11 is 1.45. The van der Waals surface area contributed by atoms with Gasteiger partial charge >= 0.3 is 5.69 Å². The summed E-state index contributed by atoms with van der Waals surface area (Å²) in [6, 6.07) is 0.394. The molecule has 0 bridgehead atoms. The first-order valence-corrected chi connectivity index (χ1v) is 5.86. The van der Waals surface area contributed by atoms with Gasteiger partial charge in [0.25, 0.3) is 0 Å². The Balaban J connectivity index is 2.28. The fraction of sp³-hybridized carbons (Fsp3) is 0.667. The SMILES string of the molecule is CC(C)Sc1nn(C2CC2)cc1[N+](=O)[O-]. The number of rotatable bonds is 4. The summed E-state index contributed by atoms with van der Waals surface area (Å²) < 4.78 is 1.74. The van der Waals surface area contributed by atoms with Gasteiger partial charge in [-0.2, -0.15) is 5.10 Å². The summed E-state index contributed by atoms with van der Waals surface area (Å²) in [4.78, 5) is 10.4. The Bertz CT molecular complexity index is 385. The quantitative estimate of drug-likeness (QED) is 0.450. The van der Waals surface area contributed by atoms with Gasteiger partial charge in [0.2, 0.25) is 0 Å². The first kappa shape index (κ1) is 10.5. The van der Waals surface area contributed by atoms with Gasteiger partial charge in [0.1, 0.15) is 6.20 Å². The molecule has 0 saturated heterocycles. The summed E-state index contributed by atoms with van der Waals surface area (Å²) in [6.45, 7) is 4.01. The van der Waals surface area contributed by atoms with Gasteiger partial charge in [-0.3, -0.25) is 14.8 Å². The third-order valence-electron chi connectivity index (χ3n) is 2.14. The number of hydrogen-bond donors (Lipinski definition) is 0. The zero-order valence-electron chi connectivity index (χ0n) is 8.71. The van der Waals surface area contributed by atoms with E-state index in [2.05, 4.69) is 5.10 Å².